The van der Waals surface area contributed by atoms with Crippen LogP contribution in [0.2, 0.25) is 0 Å². The minimum absolute atomic E-state index is 0.0105. The summed E-state index contributed by atoms with van der Waals surface area (Å²) in [6.45, 7) is 0. The fraction of sp³-hybridized carbons (Fsp3) is 0.300. The van der Waals surface area contributed by atoms with Gasteiger partial charge in [-0.3, -0.25) is 4.79 Å². The first-order chi connectivity index (χ1) is 6.91. The van der Waals surface area contributed by atoms with Gasteiger partial charge in [0.15, 0.2) is 0 Å². The van der Waals surface area contributed by atoms with E-state index in [2.05, 4.69) is 6.07 Å². The van der Waals surface area contributed by atoms with Crippen LogP contribution in [0.4, 0.5) is 13.2 Å². The molecule has 0 heterocycles. The first-order valence-electron chi connectivity index (χ1n) is 4.19. The summed E-state index contributed by atoms with van der Waals surface area (Å²) in [4.78, 5) is 10.2. The van der Waals surface area contributed by atoms with Gasteiger partial charge in [-0.15, -0.1) is 0 Å². The van der Waals surface area contributed by atoms with E-state index in [1.165, 1.54) is 12.1 Å². The van der Waals surface area contributed by atoms with Crippen LogP contribution < -0.4 is 0 Å². The molecule has 0 saturated heterocycles. The Morgan fingerprint density at radius 1 is 1.47 bits per heavy atom. The van der Waals surface area contributed by atoms with Crippen molar-refractivity contribution in [1.29, 1.82) is 0 Å². The van der Waals surface area contributed by atoms with Crippen molar-refractivity contribution in [2.45, 2.75) is 19.0 Å². The van der Waals surface area contributed by atoms with E-state index in [9.17, 15) is 18.0 Å². The summed E-state index contributed by atoms with van der Waals surface area (Å²) >= 11 is 0. The molecule has 1 aromatic carbocycles. The maximum atomic E-state index is 12.4. The van der Waals surface area contributed by atoms with Gasteiger partial charge in [0.2, 0.25) is 0 Å². The predicted molar refractivity (Wildman–Crippen MR) is 46.2 cm³/mol. The summed E-state index contributed by atoms with van der Waals surface area (Å²) in [6, 6.07) is 5.74. The summed E-state index contributed by atoms with van der Waals surface area (Å²) in [5.74, 6) is -1.11. The van der Waals surface area contributed by atoms with Gasteiger partial charge in [0.05, 0.1) is 5.56 Å². The Balaban J connectivity index is 2.92. The van der Waals surface area contributed by atoms with Crippen LogP contribution in [0.5, 0.6) is 0 Å². The molecule has 0 aliphatic rings. The van der Waals surface area contributed by atoms with Gasteiger partial charge in [-0.1, -0.05) is 12.1 Å². The van der Waals surface area contributed by atoms with Crippen molar-refractivity contribution < 1.29 is 23.1 Å². The van der Waals surface area contributed by atoms with Gasteiger partial charge in [-0.25, -0.2) is 0 Å². The zero-order valence-electron chi connectivity index (χ0n) is 7.64. The minimum Gasteiger partial charge on any atom is -0.481 e. The topological polar surface area (TPSA) is 37.3 Å². The number of aliphatic carboxylic acids is 1. The molecule has 1 radical (unpaired) electrons. The third-order valence-corrected chi connectivity index (χ3v) is 1.87. The molecular weight excluding hydrogens is 209 g/mol. The highest BCUT2D eigenvalue weighted by Gasteiger charge is 2.32. The van der Waals surface area contributed by atoms with Crippen molar-refractivity contribution in [3.8, 4) is 0 Å². The lowest BCUT2D eigenvalue weighted by atomic mass is 10.0. The first-order valence-corrected chi connectivity index (χ1v) is 4.19. The molecular formula is C10H8F3O2. The lowest BCUT2D eigenvalue weighted by molar-refractivity contribution is -0.140. The van der Waals surface area contributed by atoms with Crippen molar-refractivity contribution >= 4 is 5.97 Å². The van der Waals surface area contributed by atoms with Crippen LogP contribution in [0.25, 0.3) is 0 Å². The Labute approximate surface area is 84.3 Å². The number of hydrogen-bond donors (Lipinski definition) is 1. The zero-order valence-corrected chi connectivity index (χ0v) is 7.64. The van der Waals surface area contributed by atoms with Gasteiger partial charge in [0.25, 0.3) is 0 Å². The van der Waals surface area contributed by atoms with Crippen LogP contribution in [0, 0.1) is 6.07 Å². The fourth-order valence-corrected chi connectivity index (χ4v) is 1.19. The molecule has 0 aliphatic carbocycles. The SMILES string of the molecule is O=C(O)CCc1cc[c]cc1C(F)(F)F. The molecule has 1 aromatic rings. The molecule has 81 valence electrons. The zero-order chi connectivity index (χ0) is 11.5. The van der Waals surface area contributed by atoms with E-state index in [-0.39, 0.29) is 18.4 Å². The van der Waals surface area contributed by atoms with Crippen LogP contribution in [-0.2, 0) is 17.4 Å². The highest BCUT2D eigenvalue weighted by molar-refractivity contribution is 5.67. The molecule has 0 saturated carbocycles. The van der Waals surface area contributed by atoms with E-state index in [1.807, 2.05) is 0 Å². The first kappa shape index (κ1) is 11.6. The predicted octanol–water partition coefficient (Wildman–Crippen LogP) is 2.52. The highest BCUT2D eigenvalue weighted by Crippen LogP contribution is 2.32. The van der Waals surface area contributed by atoms with E-state index in [0.717, 1.165) is 6.07 Å². The van der Waals surface area contributed by atoms with Crippen molar-refractivity contribution in [2.75, 3.05) is 0 Å². The van der Waals surface area contributed by atoms with Gasteiger partial charge < -0.3 is 5.11 Å². The van der Waals surface area contributed by atoms with E-state index in [4.69, 9.17) is 5.11 Å². The van der Waals surface area contributed by atoms with Gasteiger partial charge in [0.1, 0.15) is 0 Å². The highest BCUT2D eigenvalue weighted by atomic mass is 19.4. The quantitative estimate of drug-likeness (QED) is 0.844. The number of benzene rings is 1. The van der Waals surface area contributed by atoms with Gasteiger partial charge in [-0.2, -0.15) is 13.2 Å². The number of rotatable bonds is 3. The average Bonchev–Trinajstić information content (AvgIpc) is 2.13. The van der Waals surface area contributed by atoms with E-state index >= 15 is 0 Å². The minimum atomic E-state index is -4.45. The molecule has 15 heavy (non-hydrogen) atoms. The fourth-order valence-electron chi connectivity index (χ4n) is 1.19. The molecule has 0 fully saturated rings. The number of hydrogen-bond acceptors (Lipinski definition) is 1. The molecule has 0 amide bonds. The molecule has 5 heteroatoms. The lowest BCUT2D eigenvalue weighted by Gasteiger charge is -2.11. The summed E-state index contributed by atoms with van der Waals surface area (Å²) in [5, 5.41) is 8.38. The molecule has 1 N–H and O–H groups in total. The second-order valence-corrected chi connectivity index (χ2v) is 2.97. The summed E-state index contributed by atoms with van der Waals surface area (Å²) in [5.41, 5.74) is -0.824. The van der Waals surface area contributed by atoms with Crippen molar-refractivity contribution in [3.63, 3.8) is 0 Å². The van der Waals surface area contributed by atoms with Gasteiger partial charge >= 0.3 is 12.1 Å². The smallest absolute Gasteiger partial charge is 0.416 e. The van der Waals surface area contributed by atoms with Crippen LogP contribution in [-0.4, -0.2) is 11.1 Å². The Morgan fingerprint density at radius 2 is 2.13 bits per heavy atom. The normalized spacial score (nSPS) is 11.4. The Kier molecular flexibility index (Phi) is 3.34. The molecule has 2 nitrogen and oxygen atoms in total. The Hall–Kier alpha value is -1.52. The molecule has 0 aromatic heterocycles. The van der Waals surface area contributed by atoms with Crippen LogP contribution >= 0.6 is 0 Å². The monoisotopic (exact) mass is 217 g/mol. The number of carboxylic acids is 1. The Morgan fingerprint density at radius 3 is 2.67 bits per heavy atom. The number of carbonyl (C=O) groups is 1. The second-order valence-electron chi connectivity index (χ2n) is 2.97. The molecule has 0 unspecified atom stereocenters. The molecule has 0 aliphatic heterocycles. The maximum Gasteiger partial charge on any atom is 0.416 e. The van der Waals surface area contributed by atoms with E-state index in [0.29, 0.717) is 0 Å². The summed E-state index contributed by atoms with van der Waals surface area (Å²) in [6.07, 6.45) is -4.89. The second kappa shape index (κ2) is 4.33. The molecule has 0 spiro atoms. The van der Waals surface area contributed by atoms with Crippen LogP contribution in [0.3, 0.4) is 0 Å². The summed E-state index contributed by atoms with van der Waals surface area (Å²) in [7, 11) is 0. The standard InChI is InChI=1S/C10H8F3O2/c11-10(12,13)8-4-2-1-3-7(8)5-6-9(14)15/h1,3-4H,5-6H2,(H,14,15). The van der Waals surface area contributed by atoms with E-state index < -0.39 is 17.7 Å². The lowest BCUT2D eigenvalue weighted by Crippen LogP contribution is -2.10. The van der Waals surface area contributed by atoms with Crippen molar-refractivity contribution in [1.82, 2.24) is 0 Å². The van der Waals surface area contributed by atoms with Crippen molar-refractivity contribution in [3.05, 3.63) is 35.4 Å². The number of carboxylic acid groups (broad SMARTS) is 1. The number of aryl methyl sites for hydroxylation is 1. The number of alkyl halides is 3. The average molecular weight is 217 g/mol. The number of halogens is 3. The Bertz CT molecular complexity index is 358. The molecule has 0 bridgehead atoms. The third kappa shape index (κ3) is 3.27. The molecule has 0 atom stereocenters. The third-order valence-electron chi connectivity index (χ3n) is 1.87. The summed E-state index contributed by atoms with van der Waals surface area (Å²) < 4.78 is 37.2. The maximum absolute atomic E-state index is 12.4. The van der Waals surface area contributed by atoms with Crippen LogP contribution in [0.15, 0.2) is 18.2 Å². The van der Waals surface area contributed by atoms with Crippen LogP contribution in [0.1, 0.15) is 17.5 Å². The van der Waals surface area contributed by atoms with Gasteiger partial charge in [-0.05, 0) is 24.1 Å². The van der Waals surface area contributed by atoms with E-state index in [1.54, 1.807) is 0 Å². The largest absolute Gasteiger partial charge is 0.481 e. The molecule has 1 rings (SSSR count). The van der Waals surface area contributed by atoms with Gasteiger partial charge in [0, 0.05) is 6.42 Å². The van der Waals surface area contributed by atoms with Crippen molar-refractivity contribution in [2.24, 2.45) is 0 Å².